The van der Waals surface area contributed by atoms with Crippen LogP contribution in [-0.4, -0.2) is 65.8 Å². The fraction of sp³-hybridized carbons (Fsp3) is 1.00. The summed E-state index contributed by atoms with van der Waals surface area (Å²) in [5.74, 6) is 0. The standard InChI is InChI=1S/C10H18F3NO3/c1-2-17-6-8(15)5-14-4-3-9(16,7-14)10(11,12)13/h8,15-16H,2-7H2,1H3. The van der Waals surface area contributed by atoms with Crippen LogP contribution in [-0.2, 0) is 4.74 Å². The fourth-order valence-electron chi connectivity index (χ4n) is 1.86. The quantitative estimate of drug-likeness (QED) is 0.748. The average molecular weight is 257 g/mol. The van der Waals surface area contributed by atoms with Crippen molar-refractivity contribution < 1.29 is 28.1 Å². The van der Waals surface area contributed by atoms with E-state index >= 15 is 0 Å². The van der Waals surface area contributed by atoms with Crippen molar-refractivity contribution in [1.82, 2.24) is 4.90 Å². The molecule has 1 fully saturated rings. The first-order valence-electron chi connectivity index (χ1n) is 5.56. The molecule has 0 aromatic heterocycles. The summed E-state index contributed by atoms with van der Waals surface area (Å²) in [5.41, 5.74) is -2.64. The molecule has 0 aromatic rings. The molecular formula is C10H18F3NO3. The van der Waals surface area contributed by atoms with Crippen LogP contribution in [0.25, 0.3) is 0 Å². The Morgan fingerprint density at radius 3 is 2.59 bits per heavy atom. The number of hydrogen-bond acceptors (Lipinski definition) is 4. The zero-order chi connectivity index (χ0) is 13.1. The highest BCUT2D eigenvalue weighted by atomic mass is 19.4. The van der Waals surface area contributed by atoms with E-state index < -0.39 is 24.4 Å². The van der Waals surface area contributed by atoms with E-state index in [2.05, 4.69) is 0 Å². The van der Waals surface area contributed by atoms with Crippen LogP contribution in [0.3, 0.4) is 0 Å². The number of likely N-dealkylation sites (tertiary alicyclic amines) is 1. The van der Waals surface area contributed by atoms with Gasteiger partial charge < -0.3 is 14.9 Å². The molecule has 2 N–H and O–H groups in total. The van der Waals surface area contributed by atoms with Gasteiger partial charge in [-0.1, -0.05) is 0 Å². The predicted octanol–water partition coefficient (Wildman–Crippen LogP) is 0.383. The number of aliphatic hydroxyl groups excluding tert-OH is 1. The fourth-order valence-corrected chi connectivity index (χ4v) is 1.86. The molecule has 1 rings (SSSR count). The Morgan fingerprint density at radius 2 is 2.12 bits per heavy atom. The molecule has 102 valence electrons. The van der Waals surface area contributed by atoms with Crippen molar-refractivity contribution >= 4 is 0 Å². The van der Waals surface area contributed by atoms with Gasteiger partial charge in [0.05, 0.1) is 12.7 Å². The Bertz CT molecular complexity index is 249. The maximum atomic E-state index is 12.5. The highest BCUT2D eigenvalue weighted by Crippen LogP contribution is 2.37. The first kappa shape index (κ1) is 14.7. The van der Waals surface area contributed by atoms with E-state index in [0.717, 1.165) is 0 Å². The molecule has 0 radical (unpaired) electrons. The lowest BCUT2D eigenvalue weighted by molar-refractivity contribution is -0.254. The molecule has 1 heterocycles. The predicted molar refractivity (Wildman–Crippen MR) is 54.6 cm³/mol. The molecule has 0 spiro atoms. The van der Waals surface area contributed by atoms with Crippen molar-refractivity contribution in [3.63, 3.8) is 0 Å². The molecular weight excluding hydrogens is 239 g/mol. The lowest BCUT2D eigenvalue weighted by atomic mass is 10.0. The van der Waals surface area contributed by atoms with Gasteiger partial charge >= 0.3 is 6.18 Å². The molecule has 0 aromatic carbocycles. The number of nitrogens with zero attached hydrogens (tertiary/aromatic N) is 1. The zero-order valence-corrected chi connectivity index (χ0v) is 9.70. The second-order valence-electron chi connectivity index (χ2n) is 4.33. The van der Waals surface area contributed by atoms with Gasteiger partial charge in [-0.15, -0.1) is 0 Å². The van der Waals surface area contributed by atoms with Crippen molar-refractivity contribution in [3.8, 4) is 0 Å². The Morgan fingerprint density at radius 1 is 1.47 bits per heavy atom. The molecule has 0 saturated carbocycles. The number of hydrogen-bond donors (Lipinski definition) is 2. The van der Waals surface area contributed by atoms with Gasteiger partial charge in [-0.3, -0.25) is 4.90 Å². The van der Waals surface area contributed by atoms with Crippen LogP contribution in [0.1, 0.15) is 13.3 Å². The number of rotatable bonds is 5. The van der Waals surface area contributed by atoms with Crippen LogP contribution in [0.5, 0.6) is 0 Å². The van der Waals surface area contributed by atoms with Gasteiger partial charge in [-0.2, -0.15) is 13.2 Å². The van der Waals surface area contributed by atoms with Crippen LogP contribution in [0.4, 0.5) is 13.2 Å². The highest BCUT2D eigenvalue weighted by Gasteiger charge is 2.56. The van der Waals surface area contributed by atoms with Crippen molar-refractivity contribution in [2.45, 2.75) is 31.2 Å². The lowest BCUT2D eigenvalue weighted by Crippen LogP contribution is -2.48. The normalized spacial score (nSPS) is 28.6. The van der Waals surface area contributed by atoms with Crippen LogP contribution in [0.15, 0.2) is 0 Å². The van der Waals surface area contributed by atoms with Gasteiger partial charge in [0.2, 0.25) is 0 Å². The number of aliphatic hydroxyl groups is 2. The van der Waals surface area contributed by atoms with Crippen LogP contribution in [0.2, 0.25) is 0 Å². The molecule has 2 atom stereocenters. The average Bonchev–Trinajstić information content (AvgIpc) is 2.57. The minimum Gasteiger partial charge on any atom is -0.389 e. The summed E-state index contributed by atoms with van der Waals surface area (Å²) in [4.78, 5) is 1.40. The van der Waals surface area contributed by atoms with E-state index in [1.165, 1.54) is 4.90 Å². The van der Waals surface area contributed by atoms with E-state index in [0.29, 0.717) is 6.61 Å². The topological polar surface area (TPSA) is 52.9 Å². The van der Waals surface area contributed by atoms with Crippen molar-refractivity contribution in [2.75, 3.05) is 32.8 Å². The second-order valence-corrected chi connectivity index (χ2v) is 4.33. The molecule has 1 aliphatic heterocycles. The van der Waals surface area contributed by atoms with E-state index in [4.69, 9.17) is 4.74 Å². The van der Waals surface area contributed by atoms with Gasteiger partial charge in [0.1, 0.15) is 0 Å². The van der Waals surface area contributed by atoms with E-state index in [1.807, 2.05) is 0 Å². The summed E-state index contributed by atoms with van der Waals surface area (Å²) >= 11 is 0. The third-order valence-electron chi connectivity index (χ3n) is 2.84. The SMILES string of the molecule is CCOCC(O)CN1CCC(O)(C(F)(F)F)C1. The van der Waals surface area contributed by atoms with Gasteiger partial charge in [0, 0.05) is 26.2 Å². The van der Waals surface area contributed by atoms with Crippen molar-refractivity contribution in [2.24, 2.45) is 0 Å². The molecule has 2 unspecified atom stereocenters. The van der Waals surface area contributed by atoms with E-state index in [9.17, 15) is 23.4 Å². The lowest BCUT2D eigenvalue weighted by Gasteiger charge is -2.26. The maximum Gasteiger partial charge on any atom is 0.418 e. The monoisotopic (exact) mass is 257 g/mol. The van der Waals surface area contributed by atoms with E-state index in [1.54, 1.807) is 6.92 Å². The molecule has 0 aliphatic carbocycles. The van der Waals surface area contributed by atoms with Crippen LogP contribution in [0, 0.1) is 0 Å². The van der Waals surface area contributed by atoms with Gasteiger partial charge in [-0.05, 0) is 13.3 Å². The summed E-state index contributed by atoms with van der Waals surface area (Å²) < 4.78 is 42.4. The second kappa shape index (κ2) is 5.51. The number of ether oxygens (including phenoxy) is 1. The van der Waals surface area contributed by atoms with E-state index in [-0.39, 0.29) is 26.1 Å². The van der Waals surface area contributed by atoms with Crippen LogP contribution < -0.4 is 0 Å². The molecule has 7 heteroatoms. The Kier molecular flexibility index (Phi) is 4.77. The molecule has 4 nitrogen and oxygen atoms in total. The molecule has 17 heavy (non-hydrogen) atoms. The minimum atomic E-state index is -4.62. The summed E-state index contributed by atoms with van der Waals surface area (Å²) in [7, 11) is 0. The van der Waals surface area contributed by atoms with Gasteiger partial charge in [0.15, 0.2) is 5.60 Å². The number of halogens is 3. The van der Waals surface area contributed by atoms with Crippen molar-refractivity contribution in [3.05, 3.63) is 0 Å². The Labute approximate surface area is 98.0 Å². The van der Waals surface area contributed by atoms with Crippen molar-refractivity contribution in [1.29, 1.82) is 0 Å². The first-order valence-corrected chi connectivity index (χ1v) is 5.56. The van der Waals surface area contributed by atoms with Gasteiger partial charge in [-0.25, -0.2) is 0 Å². The molecule has 1 saturated heterocycles. The molecule has 1 aliphatic rings. The first-order chi connectivity index (χ1) is 7.78. The Balaban J connectivity index is 2.40. The summed E-state index contributed by atoms with van der Waals surface area (Å²) in [6.45, 7) is 2.03. The smallest absolute Gasteiger partial charge is 0.389 e. The summed E-state index contributed by atoms with van der Waals surface area (Å²) in [6, 6.07) is 0. The summed E-state index contributed by atoms with van der Waals surface area (Å²) in [6.07, 6.45) is -5.80. The number of alkyl halides is 3. The molecule has 0 bridgehead atoms. The molecule has 0 amide bonds. The number of β-amino-alcohol motifs (C(OH)–C–C–N with tert-alkyl or cyclic N) is 2. The summed E-state index contributed by atoms with van der Waals surface area (Å²) in [5, 5.41) is 18.9. The third-order valence-corrected chi connectivity index (χ3v) is 2.84. The highest BCUT2D eigenvalue weighted by molar-refractivity contribution is 4.96. The zero-order valence-electron chi connectivity index (χ0n) is 9.70. The van der Waals surface area contributed by atoms with Crippen LogP contribution >= 0.6 is 0 Å². The largest absolute Gasteiger partial charge is 0.418 e. The minimum absolute atomic E-state index is 0.0817. The third kappa shape index (κ3) is 3.80. The maximum absolute atomic E-state index is 12.5. The Hall–Kier alpha value is -0.370. The van der Waals surface area contributed by atoms with Gasteiger partial charge in [0.25, 0.3) is 0 Å².